The molecule has 0 aliphatic heterocycles. The number of aromatic nitrogens is 1. The summed E-state index contributed by atoms with van der Waals surface area (Å²) >= 11 is 0. The maximum Gasteiger partial charge on any atom is 0.673 e. The molecule has 0 aliphatic carbocycles. The Morgan fingerprint density at radius 1 is 0.909 bits per heavy atom. The number of benzene rings is 2. The standard InChI is InChI=1S/C13H9N4.BF4/c14-10-3-1-8-5-9-2-4-11(17-15)7-13(9)16-12(8)6-10;2-1(3,4)5/h1-7H,14H2;/q+1;-1. The number of halogens is 4. The van der Waals surface area contributed by atoms with Crippen LogP contribution in [0.1, 0.15) is 0 Å². The highest BCUT2D eigenvalue weighted by molar-refractivity contribution is 6.50. The van der Waals surface area contributed by atoms with E-state index in [-0.39, 0.29) is 0 Å². The monoisotopic (exact) mass is 308 g/mol. The minimum absolute atomic E-state index is 0.494. The molecule has 2 aromatic carbocycles. The second-order valence-corrected chi connectivity index (χ2v) is 4.41. The number of diazo groups is 1. The Morgan fingerprint density at radius 3 is 2.05 bits per heavy atom. The van der Waals surface area contributed by atoms with Crippen LogP contribution in [-0.2, 0) is 0 Å². The van der Waals surface area contributed by atoms with Crippen molar-refractivity contribution in [2.75, 3.05) is 5.73 Å². The molecule has 0 aliphatic rings. The predicted octanol–water partition coefficient (Wildman–Crippen LogP) is 4.75. The van der Waals surface area contributed by atoms with Gasteiger partial charge < -0.3 is 23.0 Å². The van der Waals surface area contributed by atoms with Gasteiger partial charge in [0.2, 0.25) is 5.39 Å². The Kier molecular flexibility index (Phi) is 4.12. The summed E-state index contributed by atoms with van der Waals surface area (Å²) in [5.74, 6) is 0. The smallest absolute Gasteiger partial charge is 0.418 e. The zero-order chi connectivity index (χ0) is 16.3. The van der Waals surface area contributed by atoms with E-state index in [0.717, 1.165) is 21.8 Å². The lowest BCUT2D eigenvalue weighted by Gasteiger charge is -2.01. The third kappa shape index (κ3) is 4.05. The highest BCUT2D eigenvalue weighted by Gasteiger charge is 2.20. The Hall–Kier alpha value is -2.89. The fourth-order valence-electron chi connectivity index (χ4n) is 1.89. The van der Waals surface area contributed by atoms with Gasteiger partial charge in [0.1, 0.15) is 0 Å². The Bertz CT molecular complexity index is 867. The first-order valence-corrected chi connectivity index (χ1v) is 6.09. The topological polar surface area (TPSA) is 67.1 Å². The molecule has 1 aromatic heterocycles. The molecule has 4 nitrogen and oxygen atoms in total. The summed E-state index contributed by atoms with van der Waals surface area (Å²) in [6, 6.07) is 13.0. The summed E-state index contributed by atoms with van der Waals surface area (Å²) in [5, 5.41) is 10.8. The number of hydrogen-bond donors (Lipinski definition) is 1. The number of nitrogens with zero attached hydrogens (tertiary/aromatic N) is 3. The van der Waals surface area contributed by atoms with Crippen LogP contribution in [-0.4, -0.2) is 12.2 Å². The van der Waals surface area contributed by atoms with Crippen molar-refractivity contribution in [3.63, 3.8) is 0 Å². The first-order chi connectivity index (χ1) is 10.3. The molecule has 0 bridgehead atoms. The Balaban J connectivity index is 0.000000309. The first-order valence-electron chi connectivity index (χ1n) is 6.09. The van der Waals surface area contributed by atoms with Gasteiger partial charge in [0.15, 0.2) is 4.98 Å². The SMILES string of the molecule is F[B-](F)(F)F.N#[N+]c1ccc2cc3ccc(N)cc3nc2c1. The van der Waals surface area contributed by atoms with E-state index in [9.17, 15) is 17.3 Å². The maximum atomic E-state index is 9.75. The molecule has 2 N–H and O–H groups in total. The number of rotatable bonds is 0. The zero-order valence-electron chi connectivity index (χ0n) is 11.0. The summed E-state index contributed by atoms with van der Waals surface area (Å²) in [4.78, 5) is 7.65. The average Bonchev–Trinajstić information content (AvgIpc) is 2.42. The van der Waals surface area contributed by atoms with Crippen molar-refractivity contribution in [2.45, 2.75) is 0 Å². The molecule has 3 aromatic rings. The minimum atomic E-state index is -6.00. The molecular formula is C13H9BF4N4. The quantitative estimate of drug-likeness (QED) is 0.214. The predicted molar refractivity (Wildman–Crippen MR) is 78.6 cm³/mol. The number of nitrogens with two attached hydrogens (primary N) is 1. The zero-order valence-corrected chi connectivity index (χ0v) is 11.0. The largest absolute Gasteiger partial charge is 0.673 e. The molecule has 1 heterocycles. The van der Waals surface area contributed by atoms with E-state index in [2.05, 4.69) is 9.96 Å². The summed E-state index contributed by atoms with van der Waals surface area (Å²) in [5.41, 5.74) is 8.54. The van der Waals surface area contributed by atoms with Gasteiger partial charge in [-0.25, -0.2) is 4.98 Å². The third-order valence-corrected chi connectivity index (χ3v) is 2.74. The van der Waals surface area contributed by atoms with Crippen LogP contribution in [0.25, 0.3) is 26.8 Å². The molecule has 3 rings (SSSR count). The van der Waals surface area contributed by atoms with Gasteiger partial charge in [0.05, 0.1) is 17.1 Å². The fourth-order valence-corrected chi connectivity index (χ4v) is 1.89. The van der Waals surface area contributed by atoms with Crippen molar-refractivity contribution >= 4 is 40.4 Å². The van der Waals surface area contributed by atoms with Crippen LogP contribution in [0, 0.1) is 5.39 Å². The van der Waals surface area contributed by atoms with Gasteiger partial charge in [-0.15, -0.1) is 0 Å². The van der Waals surface area contributed by atoms with E-state index < -0.39 is 7.25 Å². The highest BCUT2D eigenvalue weighted by Crippen LogP contribution is 2.24. The van der Waals surface area contributed by atoms with Crippen LogP contribution in [0.3, 0.4) is 0 Å². The van der Waals surface area contributed by atoms with Crippen LogP contribution < -0.4 is 5.73 Å². The van der Waals surface area contributed by atoms with Crippen molar-refractivity contribution in [1.82, 2.24) is 4.98 Å². The lowest BCUT2D eigenvalue weighted by Crippen LogP contribution is -2.02. The van der Waals surface area contributed by atoms with Gasteiger partial charge in [-0.2, -0.15) is 0 Å². The first kappa shape index (κ1) is 15.5. The van der Waals surface area contributed by atoms with Crippen molar-refractivity contribution < 1.29 is 17.3 Å². The van der Waals surface area contributed by atoms with E-state index in [1.807, 2.05) is 30.3 Å². The molecule has 9 heteroatoms. The van der Waals surface area contributed by atoms with E-state index in [0.29, 0.717) is 11.4 Å². The van der Waals surface area contributed by atoms with E-state index in [1.54, 1.807) is 12.1 Å². The summed E-state index contributed by atoms with van der Waals surface area (Å²) < 4.78 is 39.0. The molecule has 0 amide bonds. The number of pyridine rings is 1. The normalized spacial score (nSPS) is 10.9. The Labute approximate surface area is 122 Å². The van der Waals surface area contributed by atoms with Gasteiger partial charge in [0.25, 0.3) is 0 Å². The van der Waals surface area contributed by atoms with Crippen LogP contribution in [0.2, 0.25) is 0 Å². The van der Waals surface area contributed by atoms with Crippen LogP contribution >= 0.6 is 0 Å². The minimum Gasteiger partial charge on any atom is -0.418 e. The van der Waals surface area contributed by atoms with Crippen LogP contribution in [0.15, 0.2) is 42.5 Å². The second-order valence-electron chi connectivity index (χ2n) is 4.41. The number of hydrogen-bond acceptors (Lipinski definition) is 3. The molecule has 112 valence electrons. The summed E-state index contributed by atoms with van der Waals surface area (Å²) in [7, 11) is -6.00. The second kappa shape index (κ2) is 5.85. The molecular weight excluding hydrogens is 299 g/mol. The van der Waals surface area contributed by atoms with Crippen LogP contribution in [0.5, 0.6) is 0 Å². The van der Waals surface area contributed by atoms with Crippen molar-refractivity contribution in [3.05, 3.63) is 47.4 Å². The summed E-state index contributed by atoms with van der Waals surface area (Å²) in [6.45, 7) is 0. The molecule has 0 unspecified atom stereocenters. The Morgan fingerprint density at radius 2 is 1.45 bits per heavy atom. The number of anilines is 1. The van der Waals surface area contributed by atoms with E-state index >= 15 is 0 Å². The number of fused-ring (bicyclic) bond motifs is 2. The lowest BCUT2D eigenvalue weighted by molar-refractivity contribution is 0.368. The number of nitrogen functional groups attached to an aromatic ring is 1. The molecule has 0 atom stereocenters. The average molecular weight is 308 g/mol. The molecule has 0 fully saturated rings. The molecule has 0 saturated carbocycles. The molecule has 0 radical (unpaired) electrons. The highest BCUT2D eigenvalue weighted by atomic mass is 19.5. The summed E-state index contributed by atoms with van der Waals surface area (Å²) in [6.07, 6.45) is 0. The van der Waals surface area contributed by atoms with E-state index in [4.69, 9.17) is 11.1 Å². The van der Waals surface area contributed by atoms with Gasteiger partial charge >= 0.3 is 12.9 Å². The fraction of sp³-hybridized carbons (Fsp3) is 0. The van der Waals surface area contributed by atoms with Gasteiger partial charge in [0, 0.05) is 22.5 Å². The van der Waals surface area contributed by atoms with Crippen molar-refractivity contribution in [2.24, 2.45) is 0 Å². The molecule has 22 heavy (non-hydrogen) atoms. The van der Waals surface area contributed by atoms with Gasteiger partial charge in [-0.05, 0) is 24.3 Å². The lowest BCUT2D eigenvalue weighted by atomic mass is 10.1. The maximum absolute atomic E-state index is 9.75. The van der Waals surface area contributed by atoms with Crippen LogP contribution in [0.4, 0.5) is 28.6 Å². The van der Waals surface area contributed by atoms with Gasteiger partial charge in [-0.3, -0.25) is 0 Å². The molecule has 0 saturated heterocycles. The van der Waals surface area contributed by atoms with Crippen molar-refractivity contribution in [1.29, 1.82) is 5.39 Å². The van der Waals surface area contributed by atoms with E-state index in [1.165, 1.54) is 0 Å². The molecule has 0 spiro atoms. The third-order valence-electron chi connectivity index (χ3n) is 2.74. The van der Waals surface area contributed by atoms with Crippen molar-refractivity contribution in [3.8, 4) is 0 Å². The van der Waals surface area contributed by atoms with Gasteiger partial charge in [-0.1, -0.05) is 6.07 Å².